The number of benzene rings is 1. The Bertz CT molecular complexity index is 693. The molecule has 130 valence electrons. The van der Waals surface area contributed by atoms with Gasteiger partial charge in [-0.2, -0.15) is 0 Å². The third-order valence-corrected chi connectivity index (χ3v) is 5.02. The number of nitrogens with zero attached hydrogens (tertiary/aromatic N) is 2. The highest BCUT2D eigenvalue weighted by Gasteiger charge is 2.20. The lowest BCUT2D eigenvalue weighted by Gasteiger charge is -2.12. The van der Waals surface area contributed by atoms with Gasteiger partial charge in [-0.25, -0.2) is 4.98 Å². The summed E-state index contributed by atoms with van der Waals surface area (Å²) in [4.78, 5) is 5.80. The predicted octanol–water partition coefficient (Wildman–Crippen LogP) is 5.58. The molecule has 0 atom stereocenters. The van der Waals surface area contributed by atoms with Crippen LogP contribution in [0.15, 0.2) is 40.8 Å². The van der Waals surface area contributed by atoms with Gasteiger partial charge in [-0.05, 0) is 30.5 Å². The number of allylic oxidation sites excluding steroid dienone is 1. The van der Waals surface area contributed by atoms with Crippen molar-refractivity contribution in [2.75, 3.05) is 6.61 Å². The third-order valence-electron chi connectivity index (χ3n) is 3.49. The molecule has 0 aliphatic carbocycles. The van der Waals surface area contributed by atoms with Gasteiger partial charge in [0.25, 0.3) is 0 Å². The Morgan fingerprint density at radius 2 is 1.96 bits per heavy atom. The molecular formula is C18H22Cl2N2OS. The van der Waals surface area contributed by atoms with Gasteiger partial charge in [0.05, 0.1) is 5.69 Å². The topological polar surface area (TPSA) is 38.0 Å². The summed E-state index contributed by atoms with van der Waals surface area (Å²) >= 11 is 13.9. The molecule has 1 N–H and O–H groups in total. The zero-order valence-corrected chi connectivity index (χ0v) is 16.3. The molecule has 0 bridgehead atoms. The van der Waals surface area contributed by atoms with Crippen LogP contribution in [0.2, 0.25) is 10.0 Å². The Hall–Kier alpha value is -0.940. The van der Waals surface area contributed by atoms with E-state index in [0.29, 0.717) is 28.9 Å². The molecule has 2 aromatic rings. The highest BCUT2D eigenvalue weighted by molar-refractivity contribution is 7.99. The van der Waals surface area contributed by atoms with Gasteiger partial charge >= 0.3 is 0 Å². The second-order valence-electron chi connectivity index (χ2n) is 5.81. The lowest BCUT2D eigenvalue weighted by molar-refractivity contribution is 0.287. The molecule has 1 aromatic carbocycles. The molecule has 2 rings (SSSR count). The summed E-state index contributed by atoms with van der Waals surface area (Å²) in [5.41, 5.74) is 1.05. The van der Waals surface area contributed by atoms with E-state index >= 15 is 0 Å². The van der Waals surface area contributed by atoms with Crippen LogP contribution >= 0.6 is 35.0 Å². The van der Waals surface area contributed by atoms with Crippen molar-refractivity contribution < 1.29 is 5.11 Å². The Morgan fingerprint density at radius 3 is 2.50 bits per heavy atom. The smallest absolute Gasteiger partial charge is 0.110 e. The van der Waals surface area contributed by atoms with Crippen molar-refractivity contribution in [1.29, 1.82) is 0 Å². The molecule has 24 heavy (non-hydrogen) atoms. The largest absolute Gasteiger partial charge is 0.396 e. The highest BCUT2D eigenvalue weighted by atomic mass is 35.5. The first-order chi connectivity index (χ1) is 11.5. The van der Waals surface area contributed by atoms with Gasteiger partial charge in [-0.15, -0.1) is 6.58 Å². The Kier molecular flexibility index (Phi) is 7.23. The molecule has 0 spiro atoms. The first-order valence-electron chi connectivity index (χ1n) is 7.91. The van der Waals surface area contributed by atoms with Crippen LogP contribution in [0, 0.1) is 0 Å². The first-order valence-corrected chi connectivity index (χ1v) is 9.48. The van der Waals surface area contributed by atoms with Crippen LogP contribution in [0.3, 0.4) is 0 Å². The van der Waals surface area contributed by atoms with Crippen LogP contribution in [0.4, 0.5) is 0 Å². The zero-order chi connectivity index (χ0) is 17.7. The summed E-state index contributed by atoms with van der Waals surface area (Å²) in [5, 5.41) is 11.5. The normalized spacial score (nSPS) is 11.2. The van der Waals surface area contributed by atoms with E-state index in [2.05, 4.69) is 25.0 Å². The lowest BCUT2D eigenvalue weighted by Crippen LogP contribution is -2.05. The molecule has 1 heterocycles. The van der Waals surface area contributed by atoms with E-state index in [9.17, 15) is 0 Å². The molecule has 1 aromatic heterocycles. The quantitative estimate of drug-likeness (QED) is 0.603. The molecule has 0 amide bonds. The third kappa shape index (κ3) is 4.79. The van der Waals surface area contributed by atoms with Gasteiger partial charge in [0.2, 0.25) is 0 Å². The second kappa shape index (κ2) is 8.95. The van der Waals surface area contributed by atoms with Crippen molar-refractivity contribution in [3.05, 3.63) is 52.4 Å². The molecular weight excluding hydrogens is 363 g/mol. The maximum atomic E-state index is 9.14. The maximum absolute atomic E-state index is 9.14. The number of aryl methyl sites for hydroxylation is 1. The number of aromatic nitrogens is 2. The molecule has 0 unspecified atom stereocenters. The predicted molar refractivity (Wildman–Crippen MR) is 103 cm³/mol. The number of imidazole rings is 1. The Labute approximate surface area is 157 Å². The van der Waals surface area contributed by atoms with Crippen LogP contribution < -0.4 is 0 Å². The van der Waals surface area contributed by atoms with Crippen molar-refractivity contribution in [3.63, 3.8) is 0 Å². The van der Waals surface area contributed by atoms with Crippen molar-refractivity contribution in [2.24, 2.45) is 0 Å². The van der Waals surface area contributed by atoms with Gasteiger partial charge in [-0.3, -0.25) is 0 Å². The van der Waals surface area contributed by atoms with E-state index in [1.54, 1.807) is 17.8 Å². The molecule has 0 radical (unpaired) electrons. The van der Waals surface area contributed by atoms with E-state index < -0.39 is 0 Å². The number of hydrogen-bond donors (Lipinski definition) is 1. The maximum Gasteiger partial charge on any atom is 0.110 e. The van der Waals surface area contributed by atoms with E-state index in [1.807, 2.05) is 18.2 Å². The van der Waals surface area contributed by atoms with Crippen molar-refractivity contribution in [2.45, 2.75) is 49.1 Å². The molecule has 0 aliphatic rings. The van der Waals surface area contributed by atoms with Gasteiger partial charge < -0.3 is 9.67 Å². The number of rotatable bonds is 8. The fraction of sp³-hybridized carbons (Fsp3) is 0.389. The van der Waals surface area contributed by atoms with Crippen molar-refractivity contribution in [1.82, 2.24) is 9.55 Å². The van der Waals surface area contributed by atoms with Crippen LogP contribution in [0.1, 0.15) is 37.7 Å². The zero-order valence-electron chi connectivity index (χ0n) is 13.9. The van der Waals surface area contributed by atoms with E-state index in [1.165, 1.54) is 0 Å². The van der Waals surface area contributed by atoms with Crippen LogP contribution in [0.5, 0.6) is 0 Å². The minimum absolute atomic E-state index is 0.157. The first kappa shape index (κ1) is 19.4. The SMILES string of the molecule is C=CCn1c(CCCO)nc(C(C)C)c1Sc1cc(Cl)cc(Cl)c1. The average Bonchev–Trinajstić information content (AvgIpc) is 2.83. The van der Waals surface area contributed by atoms with Gasteiger partial charge in [0.15, 0.2) is 0 Å². The van der Waals surface area contributed by atoms with Crippen molar-refractivity contribution >= 4 is 35.0 Å². The summed E-state index contributed by atoms with van der Waals surface area (Å²) in [6, 6.07) is 5.53. The monoisotopic (exact) mass is 384 g/mol. The molecule has 0 saturated heterocycles. The summed E-state index contributed by atoms with van der Waals surface area (Å²) in [7, 11) is 0. The number of aliphatic hydroxyl groups is 1. The Balaban J connectivity index is 2.47. The molecule has 0 aliphatic heterocycles. The minimum Gasteiger partial charge on any atom is -0.396 e. The summed E-state index contributed by atoms with van der Waals surface area (Å²) < 4.78 is 2.16. The van der Waals surface area contributed by atoms with Crippen LogP contribution in [-0.4, -0.2) is 21.3 Å². The molecule has 0 saturated carbocycles. The number of aliphatic hydroxyl groups excluding tert-OH is 1. The van der Waals surface area contributed by atoms with Crippen LogP contribution in [0.25, 0.3) is 0 Å². The summed E-state index contributed by atoms with van der Waals surface area (Å²) in [5.74, 6) is 1.27. The van der Waals surface area contributed by atoms with Gasteiger partial charge in [0.1, 0.15) is 10.9 Å². The van der Waals surface area contributed by atoms with E-state index in [0.717, 1.165) is 27.9 Å². The number of hydrogen-bond acceptors (Lipinski definition) is 3. The number of halogens is 2. The van der Waals surface area contributed by atoms with Crippen molar-refractivity contribution in [3.8, 4) is 0 Å². The van der Waals surface area contributed by atoms with E-state index in [4.69, 9.17) is 33.3 Å². The summed E-state index contributed by atoms with van der Waals surface area (Å²) in [6.45, 7) is 8.95. The fourth-order valence-electron chi connectivity index (χ4n) is 2.43. The fourth-order valence-corrected chi connectivity index (χ4v) is 4.36. The molecule has 0 fully saturated rings. The Morgan fingerprint density at radius 1 is 1.29 bits per heavy atom. The standard InChI is InChI=1S/C18H22Cl2N2OS/c1-4-7-22-16(6-5-8-23)21-17(12(2)3)18(22)24-15-10-13(19)9-14(20)11-15/h4,9-12,23H,1,5-8H2,2-3H3. The average molecular weight is 385 g/mol. The lowest BCUT2D eigenvalue weighted by atomic mass is 10.1. The molecule has 3 nitrogen and oxygen atoms in total. The molecule has 6 heteroatoms. The summed E-state index contributed by atoms with van der Waals surface area (Å²) in [6.07, 6.45) is 3.29. The van der Waals surface area contributed by atoms with Gasteiger partial charge in [-0.1, -0.05) is 54.9 Å². The second-order valence-corrected chi connectivity index (χ2v) is 7.74. The van der Waals surface area contributed by atoms with Gasteiger partial charge in [0, 0.05) is 34.5 Å². The van der Waals surface area contributed by atoms with E-state index in [-0.39, 0.29) is 6.61 Å². The highest BCUT2D eigenvalue weighted by Crippen LogP contribution is 2.37. The minimum atomic E-state index is 0.157. The van der Waals surface area contributed by atoms with Crippen LogP contribution in [-0.2, 0) is 13.0 Å².